The van der Waals surface area contributed by atoms with E-state index in [2.05, 4.69) is 15.2 Å². The molecule has 1 unspecified atom stereocenters. The Labute approximate surface area is 199 Å². The molecule has 3 aromatic heterocycles. The molecule has 1 fully saturated rings. The molecule has 1 N–H and O–H groups in total. The third-order valence-electron chi connectivity index (χ3n) is 6.32. The van der Waals surface area contributed by atoms with Crippen molar-refractivity contribution in [2.24, 2.45) is 0 Å². The van der Waals surface area contributed by atoms with E-state index in [0.29, 0.717) is 17.9 Å². The van der Waals surface area contributed by atoms with Crippen molar-refractivity contribution < 1.29 is 13.9 Å². The molecule has 1 atom stereocenters. The number of imidazole rings is 1. The number of aromatic nitrogens is 2. The summed E-state index contributed by atoms with van der Waals surface area (Å²) in [4.78, 5) is 20.2. The van der Waals surface area contributed by atoms with Crippen LogP contribution in [-0.2, 0) is 6.61 Å². The number of piperidine rings is 1. The Hall–Kier alpha value is -3.58. The van der Waals surface area contributed by atoms with Gasteiger partial charge >= 0.3 is 0 Å². The van der Waals surface area contributed by atoms with E-state index in [4.69, 9.17) is 9.15 Å². The second-order valence-corrected chi connectivity index (χ2v) is 8.83. The largest absolute Gasteiger partial charge is 0.486 e. The molecular weight excluding hydrogens is 428 g/mol. The fraction of sp³-hybridized carbons (Fsp3) is 0.333. The standard InChI is InChI=1S/C27H30N4O3/c1-20-11-12-26-29-21(18-31(26)17-20)19-34-24-9-4-3-8-22(24)27(32)28-16-23(25-10-7-15-33-25)30-13-5-2-6-14-30/h3-4,7-12,15,17-18,23H,2,5-6,13-14,16,19H2,1H3,(H,28,32). The second-order valence-electron chi connectivity index (χ2n) is 8.83. The molecule has 7 nitrogen and oxygen atoms in total. The molecule has 1 saturated heterocycles. The molecule has 0 aliphatic carbocycles. The van der Waals surface area contributed by atoms with Gasteiger partial charge in [-0.25, -0.2) is 4.98 Å². The number of pyridine rings is 1. The SMILES string of the molecule is Cc1ccc2nc(COc3ccccc3C(=O)NCC(c3ccco3)N3CCCCC3)cn2c1. The lowest BCUT2D eigenvalue weighted by Gasteiger charge is -2.33. The van der Waals surface area contributed by atoms with E-state index in [1.165, 1.54) is 19.3 Å². The first-order valence-corrected chi connectivity index (χ1v) is 11.9. The van der Waals surface area contributed by atoms with Crippen LogP contribution < -0.4 is 10.1 Å². The monoisotopic (exact) mass is 458 g/mol. The third kappa shape index (κ3) is 4.99. The van der Waals surface area contributed by atoms with Crippen molar-refractivity contribution >= 4 is 11.6 Å². The number of rotatable bonds is 8. The van der Waals surface area contributed by atoms with Gasteiger partial charge in [-0.05, 0) is 68.8 Å². The molecular formula is C27H30N4O3. The predicted molar refractivity (Wildman–Crippen MR) is 130 cm³/mol. The quantitative estimate of drug-likeness (QED) is 0.412. The summed E-state index contributed by atoms with van der Waals surface area (Å²) in [5.41, 5.74) is 3.36. The molecule has 0 spiro atoms. The van der Waals surface area contributed by atoms with Gasteiger partial charge in [-0.1, -0.05) is 24.6 Å². The maximum Gasteiger partial charge on any atom is 0.255 e. The first-order valence-electron chi connectivity index (χ1n) is 11.9. The number of benzene rings is 1. The first-order chi connectivity index (χ1) is 16.7. The number of para-hydroxylation sites is 1. The van der Waals surface area contributed by atoms with Crippen LogP contribution in [-0.4, -0.2) is 39.8 Å². The van der Waals surface area contributed by atoms with Crippen LogP contribution in [0.25, 0.3) is 5.65 Å². The summed E-state index contributed by atoms with van der Waals surface area (Å²) >= 11 is 0. The van der Waals surface area contributed by atoms with Gasteiger partial charge in [0.1, 0.15) is 23.8 Å². The molecule has 5 rings (SSSR count). The number of fused-ring (bicyclic) bond motifs is 1. The van der Waals surface area contributed by atoms with E-state index >= 15 is 0 Å². The Morgan fingerprint density at radius 1 is 1.09 bits per heavy atom. The van der Waals surface area contributed by atoms with E-state index in [0.717, 1.165) is 35.8 Å². The van der Waals surface area contributed by atoms with Gasteiger partial charge < -0.3 is 18.9 Å². The Morgan fingerprint density at radius 3 is 2.76 bits per heavy atom. The van der Waals surface area contributed by atoms with Gasteiger partial charge in [0.2, 0.25) is 0 Å². The van der Waals surface area contributed by atoms with Crippen LogP contribution in [0.3, 0.4) is 0 Å². The van der Waals surface area contributed by atoms with E-state index in [1.54, 1.807) is 12.3 Å². The molecule has 7 heteroatoms. The average molecular weight is 459 g/mol. The number of aryl methyl sites for hydroxylation is 1. The van der Waals surface area contributed by atoms with Crippen LogP contribution in [0.1, 0.15) is 52.7 Å². The Kier molecular flexibility index (Phi) is 6.62. The molecule has 1 aliphatic rings. The Morgan fingerprint density at radius 2 is 1.94 bits per heavy atom. The zero-order valence-electron chi connectivity index (χ0n) is 19.4. The highest BCUT2D eigenvalue weighted by Gasteiger charge is 2.25. The van der Waals surface area contributed by atoms with Crippen LogP contribution in [0.15, 0.2) is 71.6 Å². The number of hydrogen-bond acceptors (Lipinski definition) is 5. The molecule has 0 radical (unpaired) electrons. The van der Waals surface area contributed by atoms with E-state index in [-0.39, 0.29) is 18.6 Å². The Balaban J connectivity index is 1.26. The predicted octanol–water partition coefficient (Wildman–Crippen LogP) is 4.77. The molecule has 0 saturated carbocycles. The van der Waals surface area contributed by atoms with Gasteiger partial charge in [0, 0.05) is 18.9 Å². The zero-order chi connectivity index (χ0) is 23.3. The first kappa shape index (κ1) is 22.2. The molecule has 34 heavy (non-hydrogen) atoms. The van der Waals surface area contributed by atoms with Crippen LogP contribution in [0.4, 0.5) is 0 Å². The van der Waals surface area contributed by atoms with Crippen molar-refractivity contribution in [3.05, 3.63) is 89.8 Å². The molecule has 1 amide bonds. The summed E-state index contributed by atoms with van der Waals surface area (Å²) in [7, 11) is 0. The number of carbonyl (C=O) groups excluding carboxylic acids is 1. The van der Waals surface area contributed by atoms with Crippen LogP contribution in [0.2, 0.25) is 0 Å². The summed E-state index contributed by atoms with van der Waals surface area (Å²) < 4.78 is 13.7. The topological polar surface area (TPSA) is 72.0 Å². The lowest BCUT2D eigenvalue weighted by Crippen LogP contribution is -2.40. The van der Waals surface area contributed by atoms with Gasteiger partial charge in [-0.2, -0.15) is 0 Å². The number of hydrogen-bond donors (Lipinski definition) is 1. The number of amides is 1. The fourth-order valence-electron chi connectivity index (χ4n) is 4.56. The fourth-order valence-corrected chi connectivity index (χ4v) is 4.56. The van der Waals surface area contributed by atoms with Crippen molar-refractivity contribution in [1.29, 1.82) is 0 Å². The van der Waals surface area contributed by atoms with Crippen molar-refractivity contribution in [2.45, 2.75) is 38.8 Å². The van der Waals surface area contributed by atoms with E-state index in [1.807, 2.05) is 66.2 Å². The number of nitrogens with one attached hydrogen (secondary N) is 1. The van der Waals surface area contributed by atoms with Gasteiger partial charge in [-0.15, -0.1) is 0 Å². The third-order valence-corrected chi connectivity index (χ3v) is 6.32. The normalized spacial score (nSPS) is 15.3. The van der Waals surface area contributed by atoms with Crippen molar-refractivity contribution in [1.82, 2.24) is 19.6 Å². The average Bonchev–Trinajstić information content (AvgIpc) is 3.53. The minimum absolute atomic E-state index is 0.0220. The number of furan rings is 1. The van der Waals surface area contributed by atoms with Gasteiger partial charge in [0.05, 0.1) is 23.6 Å². The number of likely N-dealkylation sites (tertiary alicyclic amines) is 1. The second kappa shape index (κ2) is 10.1. The number of ether oxygens (including phenoxy) is 1. The minimum atomic E-state index is -0.158. The van der Waals surface area contributed by atoms with Crippen LogP contribution in [0.5, 0.6) is 5.75 Å². The summed E-state index contributed by atoms with van der Waals surface area (Å²) in [5.74, 6) is 1.27. The van der Waals surface area contributed by atoms with E-state index in [9.17, 15) is 4.79 Å². The highest BCUT2D eigenvalue weighted by molar-refractivity contribution is 5.96. The summed E-state index contributed by atoms with van der Waals surface area (Å²) in [6.07, 6.45) is 9.28. The highest BCUT2D eigenvalue weighted by atomic mass is 16.5. The number of nitrogens with zero attached hydrogens (tertiary/aromatic N) is 3. The van der Waals surface area contributed by atoms with Gasteiger partial charge in [0.25, 0.3) is 5.91 Å². The maximum absolute atomic E-state index is 13.2. The van der Waals surface area contributed by atoms with Crippen molar-refractivity contribution in [2.75, 3.05) is 19.6 Å². The van der Waals surface area contributed by atoms with Crippen LogP contribution in [0, 0.1) is 6.92 Å². The molecule has 1 aromatic carbocycles. The summed E-state index contributed by atoms with van der Waals surface area (Å²) in [6, 6.07) is 15.3. The summed E-state index contributed by atoms with van der Waals surface area (Å²) in [5, 5.41) is 3.11. The smallest absolute Gasteiger partial charge is 0.255 e. The molecule has 4 heterocycles. The van der Waals surface area contributed by atoms with E-state index < -0.39 is 0 Å². The Bertz CT molecular complexity index is 1240. The summed E-state index contributed by atoms with van der Waals surface area (Å²) in [6.45, 7) is 4.84. The van der Waals surface area contributed by atoms with Crippen molar-refractivity contribution in [3.8, 4) is 5.75 Å². The van der Waals surface area contributed by atoms with Gasteiger partial charge in [0.15, 0.2) is 0 Å². The molecule has 0 bridgehead atoms. The molecule has 4 aromatic rings. The lowest BCUT2D eigenvalue weighted by molar-refractivity contribution is 0.0909. The van der Waals surface area contributed by atoms with Crippen LogP contribution >= 0.6 is 0 Å². The van der Waals surface area contributed by atoms with Gasteiger partial charge in [-0.3, -0.25) is 9.69 Å². The number of carbonyl (C=O) groups is 1. The molecule has 176 valence electrons. The van der Waals surface area contributed by atoms with Crippen molar-refractivity contribution in [3.63, 3.8) is 0 Å². The highest BCUT2D eigenvalue weighted by Crippen LogP contribution is 2.25. The zero-order valence-corrected chi connectivity index (χ0v) is 19.4. The maximum atomic E-state index is 13.2. The lowest BCUT2D eigenvalue weighted by atomic mass is 10.1. The molecule has 1 aliphatic heterocycles. The minimum Gasteiger partial charge on any atom is -0.486 e.